The Morgan fingerprint density at radius 3 is 2.57 bits per heavy atom. The number of quaternary nitrogens is 1. The number of amides is 1. The number of carbonyl (C=O) groups excluding carboxylic acids is 1. The van der Waals surface area contributed by atoms with E-state index in [1.54, 1.807) is 10.4 Å². The third kappa shape index (κ3) is 4.19. The summed E-state index contributed by atoms with van der Waals surface area (Å²) in [6.45, 7) is 3.26. The minimum Gasteiger partial charge on any atom is -0.495 e. The van der Waals surface area contributed by atoms with Gasteiger partial charge in [-0.3, -0.25) is 4.79 Å². The molecule has 28 heavy (non-hydrogen) atoms. The number of hydrogen-bond donors (Lipinski definition) is 2. The Kier molecular flexibility index (Phi) is 6.02. The summed E-state index contributed by atoms with van der Waals surface area (Å²) < 4.78 is 33.8. The van der Waals surface area contributed by atoms with Crippen molar-refractivity contribution in [1.82, 2.24) is 4.31 Å². The van der Waals surface area contributed by atoms with Crippen LogP contribution in [0.15, 0.2) is 53.4 Å². The Morgan fingerprint density at radius 1 is 1.21 bits per heavy atom. The van der Waals surface area contributed by atoms with E-state index in [0.29, 0.717) is 24.5 Å². The molecule has 1 fully saturated rings. The second-order valence-electron chi connectivity index (χ2n) is 7.00. The molecule has 2 aromatic rings. The summed E-state index contributed by atoms with van der Waals surface area (Å²) in [5, 5.41) is 2.65. The second-order valence-corrected chi connectivity index (χ2v) is 8.89. The zero-order valence-corrected chi connectivity index (χ0v) is 17.1. The van der Waals surface area contributed by atoms with Gasteiger partial charge in [0.05, 0.1) is 50.4 Å². The van der Waals surface area contributed by atoms with Crippen LogP contribution in [-0.4, -0.2) is 52.4 Å². The summed E-state index contributed by atoms with van der Waals surface area (Å²) in [7, 11) is -0.211. The van der Waals surface area contributed by atoms with Crippen molar-refractivity contribution in [3.05, 3.63) is 54.1 Å². The lowest BCUT2D eigenvalue weighted by molar-refractivity contribution is -0.887. The SMILES string of the molecule is COc1cc(S(=O)(=O)N2CC[NH+](C)C[C@@H]2c2ccccc2)ccc1NC(C)=O. The smallest absolute Gasteiger partial charge is 0.244 e. The first-order valence-corrected chi connectivity index (χ1v) is 10.6. The highest BCUT2D eigenvalue weighted by atomic mass is 32.2. The first-order valence-electron chi connectivity index (χ1n) is 9.16. The molecule has 8 heteroatoms. The predicted molar refractivity (Wildman–Crippen MR) is 107 cm³/mol. The molecule has 1 aliphatic heterocycles. The van der Waals surface area contributed by atoms with Gasteiger partial charge in [-0.2, -0.15) is 4.31 Å². The largest absolute Gasteiger partial charge is 0.495 e. The first-order chi connectivity index (χ1) is 13.3. The zero-order chi connectivity index (χ0) is 20.3. The highest BCUT2D eigenvalue weighted by Crippen LogP contribution is 2.32. The third-order valence-corrected chi connectivity index (χ3v) is 6.83. The molecule has 1 aliphatic rings. The molecule has 1 heterocycles. The van der Waals surface area contributed by atoms with Gasteiger partial charge >= 0.3 is 0 Å². The molecule has 2 aromatic carbocycles. The number of ether oxygens (including phenoxy) is 1. The van der Waals surface area contributed by atoms with Crippen LogP contribution < -0.4 is 15.0 Å². The lowest BCUT2D eigenvalue weighted by atomic mass is 10.1. The molecule has 1 unspecified atom stereocenters. The van der Waals surface area contributed by atoms with Crippen LogP contribution in [0.1, 0.15) is 18.5 Å². The van der Waals surface area contributed by atoms with E-state index in [0.717, 1.165) is 12.1 Å². The van der Waals surface area contributed by atoms with Crippen molar-refractivity contribution in [3.63, 3.8) is 0 Å². The summed E-state index contributed by atoms with van der Waals surface area (Å²) >= 11 is 0. The first kappa shape index (κ1) is 20.3. The molecule has 7 nitrogen and oxygen atoms in total. The van der Waals surface area contributed by atoms with Crippen LogP contribution >= 0.6 is 0 Å². The molecule has 0 bridgehead atoms. The van der Waals surface area contributed by atoms with Gasteiger partial charge in [-0.15, -0.1) is 0 Å². The maximum Gasteiger partial charge on any atom is 0.244 e. The molecule has 3 rings (SSSR count). The summed E-state index contributed by atoms with van der Waals surface area (Å²) in [6.07, 6.45) is 0. The summed E-state index contributed by atoms with van der Waals surface area (Å²) in [5.41, 5.74) is 1.42. The highest BCUT2D eigenvalue weighted by Gasteiger charge is 2.38. The van der Waals surface area contributed by atoms with Gasteiger partial charge in [-0.25, -0.2) is 8.42 Å². The van der Waals surface area contributed by atoms with E-state index >= 15 is 0 Å². The van der Waals surface area contributed by atoms with Crippen molar-refractivity contribution in [2.45, 2.75) is 17.9 Å². The molecule has 1 amide bonds. The van der Waals surface area contributed by atoms with Gasteiger partial charge in [0.2, 0.25) is 15.9 Å². The number of carbonyl (C=O) groups is 1. The van der Waals surface area contributed by atoms with E-state index < -0.39 is 10.0 Å². The van der Waals surface area contributed by atoms with Crippen molar-refractivity contribution in [2.75, 3.05) is 39.1 Å². The standard InChI is InChI=1S/C20H25N3O4S/c1-15(24)21-18-10-9-17(13-20(18)27-3)28(25,26)23-12-11-22(2)14-19(23)16-7-5-4-6-8-16/h4-10,13,19H,11-12,14H2,1-3H3,(H,21,24)/p+1/t19-/m1/s1. The predicted octanol–water partition coefficient (Wildman–Crippen LogP) is 0.914. The van der Waals surface area contributed by atoms with Crippen molar-refractivity contribution in [1.29, 1.82) is 0 Å². The van der Waals surface area contributed by atoms with E-state index in [-0.39, 0.29) is 16.8 Å². The fraction of sp³-hybridized carbons (Fsp3) is 0.350. The van der Waals surface area contributed by atoms with Crippen molar-refractivity contribution in [3.8, 4) is 5.75 Å². The van der Waals surface area contributed by atoms with E-state index in [2.05, 4.69) is 12.4 Å². The van der Waals surface area contributed by atoms with E-state index in [1.165, 1.54) is 31.1 Å². The second kappa shape index (κ2) is 8.30. The van der Waals surface area contributed by atoms with Crippen LogP contribution in [0.5, 0.6) is 5.75 Å². The molecule has 1 saturated heterocycles. The number of rotatable bonds is 5. The third-order valence-electron chi connectivity index (χ3n) is 4.92. The minimum atomic E-state index is -3.73. The Hall–Kier alpha value is -2.42. The number of hydrogen-bond acceptors (Lipinski definition) is 4. The van der Waals surface area contributed by atoms with Crippen molar-refractivity contribution >= 4 is 21.6 Å². The van der Waals surface area contributed by atoms with Crippen LogP contribution in [0.2, 0.25) is 0 Å². The van der Waals surface area contributed by atoms with E-state index in [1.807, 2.05) is 30.3 Å². The molecule has 0 aliphatic carbocycles. The van der Waals surface area contributed by atoms with Crippen molar-refractivity contribution < 1.29 is 22.8 Å². The van der Waals surface area contributed by atoms with Gasteiger partial charge < -0.3 is 15.0 Å². The molecule has 0 radical (unpaired) electrons. The number of piperazine rings is 1. The average Bonchev–Trinajstić information content (AvgIpc) is 2.68. The van der Waals surface area contributed by atoms with E-state index in [4.69, 9.17) is 4.74 Å². The number of benzene rings is 2. The number of methoxy groups -OCH3 is 1. The maximum atomic E-state index is 13.5. The Bertz CT molecular complexity index is 947. The monoisotopic (exact) mass is 404 g/mol. The Morgan fingerprint density at radius 2 is 1.93 bits per heavy atom. The summed E-state index contributed by atoms with van der Waals surface area (Å²) in [5.74, 6) is 0.0624. The highest BCUT2D eigenvalue weighted by molar-refractivity contribution is 7.89. The van der Waals surface area contributed by atoms with Crippen LogP contribution in [0, 0.1) is 0 Å². The lowest BCUT2D eigenvalue weighted by Crippen LogP contribution is -3.12. The number of nitrogens with one attached hydrogen (secondary N) is 2. The molecule has 0 aromatic heterocycles. The molecule has 150 valence electrons. The van der Waals surface area contributed by atoms with E-state index in [9.17, 15) is 13.2 Å². The molecule has 2 N–H and O–H groups in total. The number of nitrogens with zero attached hydrogens (tertiary/aromatic N) is 1. The quantitative estimate of drug-likeness (QED) is 0.777. The molecule has 0 spiro atoms. The molecular weight excluding hydrogens is 378 g/mol. The average molecular weight is 405 g/mol. The van der Waals surface area contributed by atoms with Crippen LogP contribution in [-0.2, 0) is 14.8 Å². The summed E-state index contributed by atoms with van der Waals surface area (Å²) in [6, 6.07) is 14.0. The topological polar surface area (TPSA) is 80.2 Å². The van der Waals surface area contributed by atoms with Crippen LogP contribution in [0.4, 0.5) is 5.69 Å². The fourth-order valence-electron chi connectivity index (χ4n) is 3.50. The number of sulfonamides is 1. The Balaban J connectivity index is 1.99. The molecule has 0 saturated carbocycles. The van der Waals surface area contributed by atoms with Crippen LogP contribution in [0.25, 0.3) is 0 Å². The Labute approximate surface area is 166 Å². The fourth-order valence-corrected chi connectivity index (χ4v) is 5.13. The van der Waals surface area contributed by atoms with Crippen LogP contribution in [0.3, 0.4) is 0 Å². The van der Waals surface area contributed by atoms with Gasteiger partial charge in [0.15, 0.2) is 0 Å². The van der Waals surface area contributed by atoms with Gasteiger partial charge in [-0.05, 0) is 17.7 Å². The summed E-state index contributed by atoms with van der Waals surface area (Å²) in [4.78, 5) is 12.8. The number of anilines is 1. The lowest BCUT2D eigenvalue weighted by Gasteiger charge is -2.37. The number of likely N-dealkylation sites (N-methyl/N-ethyl adjacent to an activating group) is 1. The van der Waals surface area contributed by atoms with Gasteiger partial charge in [0, 0.05) is 13.0 Å². The van der Waals surface area contributed by atoms with Gasteiger partial charge in [0.25, 0.3) is 0 Å². The minimum absolute atomic E-state index is 0.152. The zero-order valence-electron chi connectivity index (χ0n) is 16.3. The van der Waals surface area contributed by atoms with Crippen molar-refractivity contribution in [2.24, 2.45) is 0 Å². The maximum absolute atomic E-state index is 13.5. The van der Waals surface area contributed by atoms with Gasteiger partial charge in [-0.1, -0.05) is 30.3 Å². The molecular formula is C20H26N3O4S+. The molecule has 2 atom stereocenters. The van der Waals surface area contributed by atoms with Gasteiger partial charge in [0.1, 0.15) is 5.75 Å². The normalized spacial score (nSPS) is 20.5.